The fraction of sp³-hybridized carbons (Fsp3) is 1.00. The summed E-state index contributed by atoms with van der Waals surface area (Å²) in [5, 5.41) is 8.89. The highest BCUT2D eigenvalue weighted by Gasteiger charge is 2.06. The van der Waals surface area contributed by atoms with Crippen molar-refractivity contribution in [2.45, 2.75) is 18.3 Å². The monoisotopic (exact) mass is 136 g/mol. The predicted molar refractivity (Wildman–Crippen MR) is 36.6 cm³/mol. The van der Waals surface area contributed by atoms with E-state index in [-0.39, 0.29) is 5.25 Å². The first kappa shape index (κ1) is 8.23. The third kappa shape index (κ3) is 3.26. The van der Waals surface area contributed by atoms with Crippen LogP contribution in [0.3, 0.4) is 0 Å². The van der Waals surface area contributed by atoms with E-state index in [2.05, 4.69) is 18.1 Å². The van der Waals surface area contributed by atoms with Crippen molar-refractivity contribution < 1.29 is 5.11 Å². The van der Waals surface area contributed by atoms with Gasteiger partial charge in [-0.25, -0.2) is 0 Å². The van der Waals surface area contributed by atoms with Gasteiger partial charge in [-0.05, 0) is 0 Å². The quantitative estimate of drug-likeness (QED) is 0.232. The standard InChI is InChI=1S/C4H12N2OS/c1-3(8)4(7)2-6-5/h3-4,6-8H,2,5H2,1H3. The fourth-order valence-electron chi connectivity index (χ4n) is 0.291. The second-order valence-corrected chi connectivity index (χ2v) is 2.53. The van der Waals surface area contributed by atoms with Gasteiger partial charge in [0.2, 0.25) is 0 Å². The van der Waals surface area contributed by atoms with E-state index < -0.39 is 6.10 Å². The SMILES string of the molecule is CC(S)C(O)CNN. The third-order valence-electron chi connectivity index (χ3n) is 0.884. The van der Waals surface area contributed by atoms with Crippen molar-refractivity contribution in [3.05, 3.63) is 0 Å². The van der Waals surface area contributed by atoms with Crippen LogP contribution in [0.15, 0.2) is 0 Å². The maximum absolute atomic E-state index is 8.91. The van der Waals surface area contributed by atoms with Gasteiger partial charge in [0, 0.05) is 11.8 Å². The van der Waals surface area contributed by atoms with Crippen molar-refractivity contribution in [2.75, 3.05) is 6.54 Å². The first-order valence-corrected chi connectivity index (χ1v) is 2.99. The molecule has 0 heterocycles. The maximum Gasteiger partial charge on any atom is 0.0791 e. The summed E-state index contributed by atoms with van der Waals surface area (Å²) in [7, 11) is 0. The largest absolute Gasteiger partial charge is 0.391 e. The van der Waals surface area contributed by atoms with Crippen molar-refractivity contribution in [3.63, 3.8) is 0 Å². The molecule has 4 N–H and O–H groups in total. The van der Waals surface area contributed by atoms with Crippen LogP contribution in [0.2, 0.25) is 0 Å². The van der Waals surface area contributed by atoms with Crippen LogP contribution >= 0.6 is 12.6 Å². The summed E-state index contributed by atoms with van der Waals surface area (Å²) in [4.78, 5) is 0. The molecule has 0 saturated carbocycles. The van der Waals surface area contributed by atoms with E-state index >= 15 is 0 Å². The van der Waals surface area contributed by atoms with Gasteiger partial charge in [-0.3, -0.25) is 11.3 Å². The summed E-state index contributed by atoms with van der Waals surface area (Å²) >= 11 is 3.98. The number of nitrogens with two attached hydrogens (primary N) is 1. The lowest BCUT2D eigenvalue weighted by Crippen LogP contribution is -2.36. The second-order valence-electron chi connectivity index (χ2n) is 1.72. The molecule has 0 spiro atoms. The Balaban J connectivity index is 3.17. The highest BCUT2D eigenvalue weighted by molar-refractivity contribution is 7.81. The molecule has 0 amide bonds. The van der Waals surface area contributed by atoms with Crippen molar-refractivity contribution in [3.8, 4) is 0 Å². The van der Waals surface area contributed by atoms with E-state index in [1.165, 1.54) is 0 Å². The number of hydrogen-bond acceptors (Lipinski definition) is 4. The Morgan fingerprint density at radius 2 is 2.38 bits per heavy atom. The molecule has 0 aliphatic heterocycles. The molecule has 0 radical (unpaired) electrons. The molecule has 3 nitrogen and oxygen atoms in total. The number of aliphatic hydroxyl groups excluding tert-OH is 1. The summed E-state index contributed by atoms with van der Waals surface area (Å²) in [5.74, 6) is 4.92. The number of thiol groups is 1. The number of hydrazine groups is 1. The van der Waals surface area contributed by atoms with Crippen molar-refractivity contribution >= 4 is 12.6 Å². The van der Waals surface area contributed by atoms with Crippen LogP contribution in [-0.4, -0.2) is 23.0 Å². The lowest BCUT2D eigenvalue weighted by molar-refractivity contribution is 0.174. The molecule has 0 aliphatic rings. The molecule has 50 valence electrons. The van der Waals surface area contributed by atoms with Gasteiger partial charge in [-0.15, -0.1) is 0 Å². The van der Waals surface area contributed by atoms with Gasteiger partial charge >= 0.3 is 0 Å². The summed E-state index contributed by atoms with van der Waals surface area (Å²) in [5.41, 5.74) is 2.35. The predicted octanol–water partition coefficient (Wildman–Crippen LogP) is -0.871. The highest BCUT2D eigenvalue weighted by Crippen LogP contribution is 1.97. The molecule has 0 fully saturated rings. The topological polar surface area (TPSA) is 58.3 Å². The van der Waals surface area contributed by atoms with Crippen molar-refractivity contribution in [1.82, 2.24) is 5.43 Å². The molecule has 2 atom stereocenters. The van der Waals surface area contributed by atoms with Crippen molar-refractivity contribution in [1.29, 1.82) is 0 Å². The average Bonchev–Trinajstić information content (AvgIpc) is 1.67. The third-order valence-corrected chi connectivity index (χ3v) is 1.23. The minimum Gasteiger partial charge on any atom is -0.391 e. The van der Waals surface area contributed by atoms with Crippen LogP contribution in [0.5, 0.6) is 0 Å². The van der Waals surface area contributed by atoms with E-state index in [1.54, 1.807) is 0 Å². The minimum atomic E-state index is -0.455. The Labute approximate surface area is 54.6 Å². The maximum atomic E-state index is 8.91. The van der Waals surface area contributed by atoms with Gasteiger partial charge < -0.3 is 5.11 Å². The molecular formula is C4H12N2OS. The van der Waals surface area contributed by atoms with Crippen LogP contribution in [0, 0.1) is 0 Å². The Morgan fingerprint density at radius 3 is 2.50 bits per heavy atom. The van der Waals surface area contributed by atoms with Gasteiger partial charge in [0.05, 0.1) is 6.10 Å². The number of aliphatic hydroxyl groups is 1. The number of hydrogen-bond donors (Lipinski definition) is 4. The second kappa shape index (κ2) is 4.14. The fourth-order valence-corrected chi connectivity index (χ4v) is 0.397. The first-order chi connectivity index (χ1) is 3.68. The summed E-state index contributed by atoms with van der Waals surface area (Å²) < 4.78 is 0. The van der Waals surface area contributed by atoms with Crippen LogP contribution in [-0.2, 0) is 0 Å². The minimum absolute atomic E-state index is 0.0222. The van der Waals surface area contributed by atoms with Crippen molar-refractivity contribution in [2.24, 2.45) is 5.84 Å². The molecule has 0 rings (SSSR count). The molecule has 0 bridgehead atoms. The molecular weight excluding hydrogens is 124 g/mol. The molecule has 2 unspecified atom stereocenters. The molecule has 0 saturated heterocycles. The van der Waals surface area contributed by atoms with Crippen LogP contribution < -0.4 is 11.3 Å². The summed E-state index contributed by atoms with van der Waals surface area (Å²) in [6, 6.07) is 0. The lowest BCUT2D eigenvalue weighted by atomic mass is 10.3. The summed E-state index contributed by atoms with van der Waals surface area (Å²) in [6.45, 7) is 2.20. The zero-order valence-corrected chi connectivity index (χ0v) is 5.73. The van der Waals surface area contributed by atoms with Gasteiger partial charge in [0.1, 0.15) is 0 Å². The van der Waals surface area contributed by atoms with Gasteiger partial charge in [0.25, 0.3) is 0 Å². The molecule has 0 aliphatic carbocycles. The number of rotatable bonds is 3. The Hall–Kier alpha value is 0.230. The van der Waals surface area contributed by atoms with Gasteiger partial charge in [0.15, 0.2) is 0 Å². The molecule has 4 heteroatoms. The van der Waals surface area contributed by atoms with E-state index in [9.17, 15) is 0 Å². The van der Waals surface area contributed by atoms with E-state index in [4.69, 9.17) is 10.9 Å². The van der Waals surface area contributed by atoms with Crippen LogP contribution in [0.25, 0.3) is 0 Å². The highest BCUT2D eigenvalue weighted by atomic mass is 32.1. The molecule has 8 heavy (non-hydrogen) atoms. The van der Waals surface area contributed by atoms with Crippen LogP contribution in [0.4, 0.5) is 0 Å². The van der Waals surface area contributed by atoms with E-state index in [0.29, 0.717) is 6.54 Å². The summed E-state index contributed by atoms with van der Waals surface area (Å²) in [6.07, 6.45) is -0.455. The molecule has 0 aromatic carbocycles. The Bertz CT molecular complexity index is 60.0. The lowest BCUT2D eigenvalue weighted by Gasteiger charge is -2.11. The number of nitrogens with one attached hydrogen (secondary N) is 1. The Morgan fingerprint density at radius 1 is 1.88 bits per heavy atom. The molecule has 0 aromatic rings. The van der Waals surface area contributed by atoms with E-state index in [0.717, 1.165) is 0 Å². The Kier molecular flexibility index (Phi) is 4.26. The van der Waals surface area contributed by atoms with Gasteiger partial charge in [-0.1, -0.05) is 6.92 Å². The van der Waals surface area contributed by atoms with Gasteiger partial charge in [-0.2, -0.15) is 12.6 Å². The zero-order valence-electron chi connectivity index (χ0n) is 4.83. The molecule has 0 aromatic heterocycles. The normalized spacial score (nSPS) is 18.0. The van der Waals surface area contributed by atoms with Crippen LogP contribution in [0.1, 0.15) is 6.92 Å². The smallest absolute Gasteiger partial charge is 0.0791 e. The first-order valence-electron chi connectivity index (χ1n) is 2.48. The average molecular weight is 136 g/mol. The van der Waals surface area contributed by atoms with E-state index in [1.807, 2.05) is 6.92 Å². The zero-order chi connectivity index (χ0) is 6.57.